The second kappa shape index (κ2) is 12.0. The molecule has 2 atom stereocenters. The smallest absolute Gasteiger partial charge is 0.0391 e. The summed E-state index contributed by atoms with van der Waals surface area (Å²) in [5, 5.41) is 0. The standard InChI is InChI=1S/C9H18.2C2H6/c1-3-9-7-5-4-6-8(9)2;2*1-2/h8-9H,3-7H2,1-2H3;2*1-2H3. The zero-order valence-electron chi connectivity index (χ0n) is 10.7. The molecule has 1 aliphatic carbocycles. The predicted octanol–water partition coefficient (Wildman–Crippen LogP) is 5.28. The fourth-order valence-corrected chi connectivity index (χ4v) is 2.00. The number of hydrogen-bond acceptors (Lipinski definition) is 0. The van der Waals surface area contributed by atoms with E-state index in [1.54, 1.807) is 0 Å². The molecular formula is C13H30. The Balaban J connectivity index is 0. The molecule has 0 aliphatic heterocycles. The van der Waals surface area contributed by atoms with E-state index < -0.39 is 0 Å². The van der Waals surface area contributed by atoms with Crippen LogP contribution in [-0.2, 0) is 0 Å². The average molecular weight is 186 g/mol. The molecule has 1 aliphatic rings. The molecule has 0 nitrogen and oxygen atoms in total. The first-order chi connectivity index (χ1) is 6.34. The Morgan fingerprint density at radius 2 is 1.38 bits per heavy atom. The lowest BCUT2D eigenvalue weighted by molar-refractivity contribution is 0.249. The summed E-state index contributed by atoms with van der Waals surface area (Å²) >= 11 is 0. The zero-order valence-corrected chi connectivity index (χ0v) is 10.7. The monoisotopic (exact) mass is 186 g/mol. The van der Waals surface area contributed by atoms with E-state index in [1.165, 1.54) is 32.1 Å². The first-order valence-electron chi connectivity index (χ1n) is 6.34. The SMILES string of the molecule is CC.CC.CCC1CCCCC1C. The summed E-state index contributed by atoms with van der Waals surface area (Å²) in [4.78, 5) is 0. The van der Waals surface area contributed by atoms with Gasteiger partial charge in [0, 0.05) is 0 Å². The van der Waals surface area contributed by atoms with Gasteiger partial charge >= 0.3 is 0 Å². The van der Waals surface area contributed by atoms with Gasteiger partial charge in [-0.25, -0.2) is 0 Å². The van der Waals surface area contributed by atoms with Crippen molar-refractivity contribution >= 4 is 0 Å². The molecule has 1 saturated carbocycles. The third-order valence-corrected chi connectivity index (χ3v) is 2.81. The van der Waals surface area contributed by atoms with Crippen molar-refractivity contribution in [2.75, 3.05) is 0 Å². The van der Waals surface area contributed by atoms with Crippen LogP contribution in [-0.4, -0.2) is 0 Å². The molecule has 0 amide bonds. The van der Waals surface area contributed by atoms with Crippen LogP contribution in [0.1, 0.15) is 73.6 Å². The molecule has 0 N–H and O–H groups in total. The molecule has 0 spiro atoms. The molecule has 2 unspecified atom stereocenters. The highest BCUT2D eigenvalue weighted by Gasteiger charge is 2.18. The molecule has 0 radical (unpaired) electrons. The molecule has 0 aromatic rings. The van der Waals surface area contributed by atoms with Gasteiger partial charge in [0.05, 0.1) is 0 Å². The Morgan fingerprint density at radius 1 is 0.923 bits per heavy atom. The van der Waals surface area contributed by atoms with Gasteiger partial charge in [0.1, 0.15) is 0 Å². The molecule has 0 heteroatoms. The second-order valence-electron chi connectivity index (χ2n) is 3.43. The minimum Gasteiger partial charge on any atom is -0.0683 e. The molecule has 0 heterocycles. The van der Waals surface area contributed by atoms with E-state index in [9.17, 15) is 0 Å². The van der Waals surface area contributed by atoms with Gasteiger partial charge in [0.25, 0.3) is 0 Å². The van der Waals surface area contributed by atoms with Crippen LogP contribution in [0.25, 0.3) is 0 Å². The zero-order chi connectivity index (χ0) is 10.7. The largest absolute Gasteiger partial charge is 0.0683 e. The average Bonchev–Trinajstić information content (AvgIpc) is 2.24. The summed E-state index contributed by atoms with van der Waals surface area (Å²) in [6.07, 6.45) is 7.36. The number of hydrogen-bond donors (Lipinski definition) is 0. The molecule has 0 aromatic carbocycles. The second-order valence-corrected chi connectivity index (χ2v) is 3.43. The minimum atomic E-state index is 1.02. The molecule has 0 saturated heterocycles. The van der Waals surface area contributed by atoms with Gasteiger partial charge in [-0.15, -0.1) is 0 Å². The fourth-order valence-electron chi connectivity index (χ4n) is 2.00. The lowest BCUT2D eigenvalue weighted by Gasteiger charge is -2.27. The fraction of sp³-hybridized carbons (Fsp3) is 1.00. The Hall–Kier alpha value is 0. The Kier molecular flexibility index (Phi) is 14.3. The minimum absolute atomic E-state index is 1.02. The van der Waals surface area contributed by atoms with Crippen LogP contribution in [0.2, 0.25) is 0 Å². The van der Waals surface area contributed by atoms with Crippen LogP contribution in [0.4, 0.5) is 0 Å². The van der Waals surface area contributed by atoms with Crippen LogP contribution in [0.3, 0.4) is 0 Å². The highest BCUT2D eigenvalue weighted by molar-refractivity contribution is 4.70. The topological polar surface area (TPSA) is 0 Å². The quantitative estimate of drug-likeness (QED) is 0.523. The molecule has 1 rings (SSSR count). The van der Waals surface area contributed by atoms with Crippen molar-refractivity contribution in [3.05, 3.63) is 0 Å². The van der Waals surface area contributed by atoms with Crippen LogP contribution < -0.4 is 0 Å². The van der Waals surface area contributed by atoms with E-state index >= 15 is 0 Å². The lowest BCUT2D eigenvalue weighted by Crippen LogP contribution is -2.15. The summed E-state index contributed by atoms with van der Waals surface area (Å²) in [5.74, 6) is 2.07. The van der Waals surface area contributed by atoms with Crippen molar-refractivity contribution in [2.24, 2.45) is 11.8 Å². The van der Waals surface area contributed by atoms with Gasteiger partial charge in [-0.3, -0.25) is 0 Å². The normalized spacial score (nSPS) is 26.3. The van der Waals surface area contributed by atoms with E-state index in [4.69, 9.17) is 0 Å². The summed E-state index contributed by atoms with van der Waals surface area (Å²) in [6, 6.07) is 0. The van der Waals surface area contributed by atoms with E-state index in [0.717, 1.165) is 11.8 Å². The first kappa shape index (κ1) is 15.5. The van der Waals surface area contributed by atoms with Crippen molar-refractivity contribution in [1.29, 1.82) is 0 Å². The van der Waals surface area contributed by atoms with Crippen molar-refractivity contribution in [2.45, 2.75) is 73.6 Å². The van der Waals surface area contributed by atoms with Gasteiger partial charge < -0.3 is 0 Å². The van der Waals surface area contributed by atoms with Gasteiger partial charge in [-0.05, 0) is 11.8 Å². The third-order valence-electron chi connectivity index (χ3n) is 2.81. The van der Waals surface area contributed by atoms with Gasteiger partial charge in [-0.1, -0.05) is 73.6 Å². The van der Waals surface area contributed by atoms with E-state index in [1.807, 2.05) is 27.7 Å². The van der Waals surface area contributed by atoms with E-state index in [-0.39, 0.29) is 0 Å². The highest BCUT2D eigenvalue weighted by atomic mass is 14.2. The maximum absolute atomic E-state index is 2.41. The van der Waals surface area contributed by atoms with Crippen LogP contribution in [0, 0.1) is 11.8 Å². The van der Waals surface area contributed by atoms with Gasteiger partial charge in [0.15, 0.2) is 0 Å². The van der Waals surface area contributed by atoms with E-state index in [2.05, 4.69) is 13.8 Å². The Bertz CT molecular complexity index is 76.1. The van der Waals surface area contributed by atoms with Crippen LogP contribution in [0.15, 0.2) is 0 Å². The molecule has 0 bridgehead atoms. The summed E-state index contributed by atoms with van der Waals surface area (Å²) < 4.78 is 0. The van der Waals surface area contributed by atoms with Gasteiger partial charge in [0.2, 0.25) is 0 Å². The van der Waals surface area contributed by atoms with Crippen LogP contribution in [0.5, 0.6) is 0 Å². The highest BCUT2D eigenvalue weighted by Crippen LogP contribution is 2.31. The third kappa shape index (κ3) is 7.10. The molecule has 13 heavy (non-hydrogen) atoms. The van der Waals surface area contributed by atoms with Crippen molar-refractivity contribution in [3.8, 4) is 0 Å². The Labute approximate surface area is 86.1 Å². The molecule has 1 fully saturated rings. The van der Waals surface area contributed by atoms with Crippen LogP contribution >= 0.6 is 0 Å². The first-order valence-corrected chi connectivity index (χ1v) is 6.34. The summed E-state index contributed by atoms with van der Waals surface area (Å²) in [6.45, 7) is 12.7. The van der Waals surface area contributed by atoms with Gasteiger partial charge in [-0.2, -0.15) is 0 Å². The van der Waals surface area contributed by atoms with Crippen molar-refractivity contribution < 1.29 is 0 Å². The lowest BCUT2D eigenvalue weighted by atomic mass is 9.79. The van der Waals surface area contributed by atoms with Crippen molar-refractivity contribution in [3.63, 3.8) is 0 Å². The van der Waals surface area contributed by atoms with E-state index in [0.29, 0.717) is 0 Å². The Morgan fingerprint density at radius 3 is 1.69 bits per heavy atom. The maximum atomic E-state index is 2.41. The molecule has 82 valence electrons. The summed E-state index contributed by atoms with van der Waals surface area (Å²) in [5.41, 5.74) is 0. The summed E-state index contributed by atoms with van der Waals surface area (Å²) in [7, 11) is 0. The molecule has 0 aromatic heterocycles. The number of rotatable bonds is 1. The predicted molar refractivity (Wildman–Crippen MR) is 64.1 cm³/mol. The maximum Gasteiger partial charge on any atom is -0.0391 e. The van der Waals surface area contributed by atoms with Crippen molar-refractivity contribution in [1.82, 2.24) is 0 Å². The molecular weight excluding hydrogens is 156 g/mol.